The second-order valence-corrected chi connectivity index (χ2v) is 7.13. The van der Waals surface area contributed by atoms with Crippen molar-refractivity contribution >= 4 is 0 Å². The summed E-state index contributed by atoms with van der Waals surface area (Å²) < 4.78 is 0. The molecule has 0 bridgehead atoms. The molecule has 0 heteroatoms. The van der Waals surface area contributed by atoms with Crippen molar-refractivity contribution in [3.63, 3.8) is 0 Å². The lowest BCUT2D eigenvalue weighted by Crippen LogP contribution is -2.29. The summed E-state index contributed by atoms with van der Waals surface area (Å²) in [4.78, 5) is 0. The lowest BCUT2D eigenvalue weighted by atomic mass is 9.67. The third-order valence-electron chi connectivity index (χ3n) is 4.11. The summed E-state index contributed by atoms with van der Waals surface area (Å²) in [5.74, 6) is 0.876. The van der Waals surface area contributed by atoms with Gasteiger partial charge < -0.3 is 0 Å². The van der Waals surface area contributed by atoms with Gasteiger partial charge in [0.05, 0.1) is 0 Å². The normalized spacial score (nSPS) is 13.6. The van der Waals surface area contributed by atoms with E-state index in [1.165, 1.54) is 32.1 Å². The van der Waals surface area contributed by atoms with E-state index in [0.717, 1.165) is 5.92 Å². The van der Waals surface area contributed by atoms with Crippen LogP contribution in [-0.2, 0) is 0 Å². The molecule has 0 radical (unpaired) electrons. The zero-order valence-corrected chi connectivity index (χ0v) is 12.1. The van der Waals surface area contributed by atoms with E-state index in [1.54, 1.807) is 0 Å². The van der Waals surface area contributed by atoms with Gasteiger partial charge in [-0.3, -0.25) is 0 Å². The zero-order valence-electron chi connectivity index (χ0n) is 12.1. The largest absolute Gasteiger partial charge is 0.0628 e. The maximum atomic E-state index is 2.41. The van der Waals surface area contributed by atoms with E-state index in [9.17, 15) is 0 Å². The number of hydrogen-bond donors (Lipinski definition) is 0. The molecule has 92 valence electrons. The molecule has 0 saturated carbocycles. The van der Waals surface area contributed by atoms with Crippen molar-refractivity contribution in [3.05, 3.63) is 0 Å². The van der Waals surface area contributed by atoms with Crippen molar-refractivity contribution in [3.8, 4) is 0 Å². The minimum absolute atomic E-state index is 0.436. The van der Waals surface area contributed by atoms with E-state index in [1.807, 2.05) is 0 Å². The second kappa shape index (κ2) is 5.92. The quantitative estimate of drug-likeness (QED) is 0.498. The molecule has 0 aliphatic rings. The summed E-state index contributed by atoms with van der Waals surface area (Å²) >= 11 is 0. The average Bonchev–Trinajstić information content (AvgIpc) is 2.00. The highest BCUT2D eigenvalue weighted by molar-refractivity contribution is 4.82. The van der Waals surface area contributed by atoms with Crippen LogP contribution in [0.2, 0.25) is 0 Å². The van der Waals surface area contributed by atoms with Crippen LogP contribution in [0.1, 0.15) is 80.6 Å². The van der Waals surface area contributed by atoms with Gasteiger partial charge in [0, 0.05) is 0 Å². The zero-order chi connectivity index (χ0) is 12.1. The Kier molecular flexibility index (Phi) is 5.92. The Balaban J connectivity index is 3.68. The molecule has 15 heavy (non-hydrogen) atoms. The Labute approximate surface area is 97.8 Å². The van der Waals surface area contributed by atoms with Crippen LogP contribution in [0, 0.1) is 16.7 Å². The van der Waals surface area contributed by atoms with Gasteiger partial charge in [0.2, 0.25) is 0 Å². The molecule has 0 aromatic heterocycles. The Morgan fingerprint density at radius 2 is 1.33 bits per heavy atom. The highest BCUT2D eigenvalue weighted by Gasteiger charge is 2.31. The van der Waals surface area contributed by atoms with Crippen LogP contribution in [0.25, 0.3) is 0 Å². The monoisotopic (exact) mass is 212 g/mol. The van der Waals surface area contributed by atoms with Gasteiger partial charge in [-0.05, 0) is 23.2 Å². The molecule has 0 unspecified atom stereocenters. The van der Waals surface area contributed by atoms with Crippen LogP contribution in [0.4, 0.5) is 0 Å². The highest BCUT2D eigenvalue weighted by atomic mass is 14.4. The van der Waals surface area contributed by atoms with Gasteiger partial charge in [-0.25, -0.2) is 0 Å². The second-order valence-electron chi connectivity index (χ2n) is 7.13. The molecule has 0 aliphatic carbocycles. The van der Waals surface area contributed by atoms with Gasteiger partial charge >= 0.3 is 0 Å². The molecule has 0 atom stereocenters. The molecule has 0 N–H and O–H groups in total. The first-order chi connectivity index (χ1) is 6.67. The lowest BCUT2D eigenvalue weighted by molar-refractivity contribution is 0.115. The fourth-order valence-electron chi connectivity index (χ4n) is 1.67. The number of rotatable bonds is 6. The first-order valence-corrected chi connectivity index (χ1v) is 6.67. The maximum absolute atomic E-state index is 2.41. The molecule has 0 saturated heterocycles. The maximum Gasteiger partial charge on any atom is -0.0306 e. The van der Waals surface area contributed by atoms with E-state index in [-0.39, 0.29) is 0 Å². The van der Waals surface area contributed by atoms with Gasteiger partial charge in [-0.15, -0.1) is 0 Å². The van der Waals surface area contributed by atoms with Gasteiger partial charge in [-0.1, -0.05) is 74.1 Å². The van der Waals surface area contributed by atoms with Crippen molar-refractivity contribution in [2.75, 3.05) is 0 Å². The van der Waals surface area contributed by atoms with E-state index in [4.69, 9.17) is 0 Å². The molecule has 0 amide bonds. The van der Waals surface area contributed by atoms with E-state index < -0.39 is 0 Å². The minimum atomic E-state index is 0.436. The molecule has 0 heterocycles. The van der Waals surface area contributed by atoms with Crippen LogP contribution >= 0.6 is 0 Å². The minimum Gasteiger partial charge on any atom is -0.0628 e. The van der Waals surface area contributed by atoms with E-state index >= 15 is 0 Å². The number of hydrogen-bond acceptors (Lipinski definition) is 0. The summed E-state index contributed by atoms with van der Waals surface area (Å²) in [6.07, 6.45) is 7.00. The number of unbranched alkanes of at least 4 members (excludes halogenated alkanes) is 2. The van der Waals surface area contributed by atoms with E-state index in [0.29, 0.717) is 10.8 Å². The summed E-state index contributed by atoms with van der Waals surface area (Å²) in [6, 6.07) is 0. The fourth-order valence-corrected chi connectivity index (χ4v) is 1.67. The van der Waals surface area contributed by atoms with Crippen LogP contribution in [0.5, 0.6) is 0 Å². The van der Waals surface area contributed by atoms with Crippen LogP contribution in [0.15, 0.2) is 0 Å². The van der Waals surface area contributed by atoms with Gasteiger partial charge in [0.25, 0.3) is 0 Å². The predicted octanol–water partition coefficient (Wildman–Crippen LogP) is 5.67. The SMILES string of the molecule is CC(C)CCCCCC(C)(C)C(C)(C)C. The Hall–Kier alpha value is 0. The Morgan fingerprint density at radius 3 is 1.73 bits per heavy atom. The first-order valence-electron chi connectivity index (χ1n) is 6.67. The van der Waals surface area contributed by atoms with Crippen molar-refractivity contribution in [1.82, 2.24) is 0 Å². The van der Waals surface area contributed by atoms with Crippen molar-refractivity contribution in [1.29, 1.82) is 0 Å². The summed E-state index contributed by atoms with van der Waals surface area (Å²) in [5, 5.41) is 0. The molecule has 0 nitrogen and oxygen atoms in total. The standard InChI is InChI=1S/C15H32/c1-13(2)11-9-8-10-12-15(6,7)14(3,4)5/h13H,8-12H2,1-7H3. The summed E-state index contributed by atoms with van der Waals surface area (Å²) in [6.45, 7) is 16.5. The average molecular weight is 212 g/mol. The van der Waals surface area contributed by atoms with Crippen molar-refractivity contribution in [2.45, 2.75) is 80.6 Å². The third kappa shape index (κ3) is 6.22. The molecule has 0 rings (SSSR count). The molecule has 0 aromatic rings. The van der Waals surface area contributed by atoms with Crippen molar-refractivity contribution < 1.29 is 0 Å². The summed E-state index contributed by atoms with van der Waals surface area (Å²) in [5.41, 5.74) is 0.913. The first kappa shape index (κ1) is 15.0. The molecule has 0 fully saturated rings. The molecule has 0 spiro atoms. The fraction of sp³-hybridized carbons (Fsp3) is 1.00. The van der Waals surface area contributed by atoms with Crippen LogP contribution in [0.3, 0.4) is 0 Å². The smallest absolute Gasteiger partial charge is 0.0306 e. The third-order valence-corrected chi connectivity index (χ3v) is 4.11. The van der Waals surface area contributed by atoms with Gasteiger partial charge in [-0.2, -0.15) is 0 Å². The molecular weight excluding hydrogens is 180 g/mol. The van der Waals surface area contributed by atoms with Gasteiger partial charge in [0.15, 0.2) is 0 Å². The Morgan fingerprint density at radius 1 is 0.800 bits per heavy atom. The molecule has 0 aliphatic heterocycles. The Bertz CT molecular complexity index is 157. The van der Waals surface area contributed by atoms with Crippen LogP contribution < -0.4 is 0 Å². The van der Waals surface area contributed by atoms with Gasteiger partial charge in [0.1, 0.15) is 0 Å². The molecular formula is C15H32. The predicted molar refractivity (Wildman–Crippen MR) is 71.2 cm³/mol. The van der Waals surface area contributed by atoms with Crippen LogP contribution in [-0.4, -0.2) is 0 Å². The topological polar surface area (TPSA) is 0 Å². The lowest BCUT2D eigenvalue weighted by Gasteiger charge is -2.39. The highest BCUT2D eigenvalue weighted by Crippen LogP contribution is 2.41. The van der Waals surface area contributed by atoms with Crippen molar-refractivity contribution in [2.24, 2.45) is 16.7 Å². The molecule has 0 aromatic carbocycles. The summed E-state index contributed by atoms with van der Waals surface area (Å²) in [7, 11) is 0. The van der Waals surface area contributed by atoms with E-state index in [2.05, 4.69) is 48.5 Å².